The first-order valence-electron chi connectivity index (χ1n) is 10.7. The van der Waals surface area contributed by atoms with Crippen molar-refractivity contribution < 1.29 is 9.15 Å². The Bertz CT molecular complexity index is 942. The van der Waals surface area contributed by atoms with Crippen molar-refractivity contribution in [3.05, 3.63) is 64.7 Å². The Hall–Kier alpha value is -1.95. The van der Waals surface area contributed by atoms with Crippen LogP contribution in [0.15, 0.2) is 63.5 Å². The number of benzene rings is 1. The highest BCUT2D eigenvalue weighted by molar-refractivity contribution is 14.0. The molecular formula is C23H30IN5O2S. The molecule has 1 aliphatic rings. The predicted octanol–water partition coefficient (Wildman–Crippen LogP) is 4.15. The minimum Gasteiger partial charge on any atom is -0.444 e. The van der Waals surface area contributed by atoms with E-state index in [0.717, 1.165) is 56.6 Å². The van der Waals surface area contributed by atoms with E-state index in [0.29, 0.717) is 18.5 Å². The number of morpholine rings is 1. The lowest BCUT2D eigenvalue weighted by molar-refractivity contribution is 0.0177. The van der Waals surface area contributed by atoms with Crippen molar-refractivity contribution in [1.82, 2.24) is 20.5 Å². The zero-order chi connectivity index (χ0) is 21.3. The van der Waals surface area contributed by atoms with Crippen LogP contribution >= 0.6 is 35.3 Å². The van der Waals surface area contributed by atoms with Crippen LogP contribution in [-0.4, -0.2) is 55.2 Å². The van der Waals surface area contributed by atoms with E-state index in [-0.39, 0.29) is 24.0 Å². The Balaban J connectivity index is 0.00000289. The van der Waals surface area contributed by atoms with E-state index in [1.165, 1.54) is 4.88 Å². The molecule has 1 unspecified atom stereocenters. The van der Waals surface area contributed by atoms with Crippen molar-refractivity contribution in [1.29, 1.82) is 0 Å². The van der Waals surface area contributed by atoms with Crippen molar-refractivity contribution >= 4 is 41.3 Å². The molecule has 2 N–H and O–H groups in total. The molecule has 1 aliphatic heterocycles. The number of hydrogen-bond acceptors (Lipinski definition) is 6. The molecular weight excluding hydrogens is 537 g/mol. The Morgan fingerprint density at radius 1 is 1.16 bits per heavy atom. The Labute approximate surface area is 210 Å². The van der Waals surface area contributed by atoms with Crippen molar-refractivity contribution in [3.8, 4) is 11.5 Å². The number of aliphatic imine (C=N–C) groups is 1. The smallest absolute Gasteiger partial charge is 0.226 e. The van der Waals surface area contributed by atoms with E-state index in [9.17, 15) is 0 Å². The summed E-state index contributed by atoms with van der Waals surface area (Å²) in [6.07, 6.45) is 1.68. The van der Waals surface area contributed by atoms with Crippen LogP contribution in [0.1, 0.15) is 23.5 Å². The number of aromatic nitrogens is 1. The highest BCUT2D eigenvalue weighted by Gasteiger charge is 2.23. The van der Waals surface area contributed by atoms with E-state index in [4.69, 9.17) is 14.1 Å². The fourth-order valence-corrected chi connectivity index (χ4v) is 4.43. The third-order valence-corrected chi connectivity index (χ3v) is 6.11. The first-order valence-corrected chi connectivity index (χ1v) is 11.6. The van der Waals surface area contributed by atoms with Gasteiger partial charge in [-0.2, -0.15) is 0 Å². The second kappa shape index (κ2) is 12.9. The summed E-state index contributed by atoms with van der Waals surface area (Å²) >= 11 is 1.80. The van der Waals surface area contributed by atoms with Gasteiger partial charge in [0, 0.05) is 36.6 Å². The Kier molecular flexibility index (Phi) is 9.97. The van der Waals surface area contributed by atoms with Crippen LogP contribution in [0, 0.1) is 0 Å². The monoisotopic (exact) mass is 567 g/mol. The minimum absolute atomic E-state index is 0. The third kappa shape index (κ3) is 6.77. The van der Waals surface area contributed by atoms with Gasteiger partial charge in [-0.25, -0.2) is 9.98 Å². The average molecular weight is 567 g/mol. The zero-order valence-corrected chi connectivity index (χ0v) is 21.3. The van der Waals surface area contributed by atoms with E-state index < -0.39 is 0 Å². The van der Waals surface area contributed by atoms with E-state index in [1.54, 1.807) is 17.6 Å². The Morgan fingerprint density at radius 3 is 2.69 bits per heavy atom. The largest absolute Gasteiger partial charge is 0.444 e. The minimum atomic E-state index is 0. The zero-order valence-electron chi connectivity index (χ0n) is 18.2. The third-order valence-electron chi connectivity index (χ3n) is 5.14. The van der Waals surface area contributed by atoms with Gasteiger partial charge in [0.05, 0.1) is 25.8 Å². The SMILES string of the molecule is CCNC(=NCc1coc(-c2ccccc2)n1)NCC(c1cccs1)N1CCOCC1.I. The molecule has 1 atom stereocenters. The molecule has 0 aliphatic carbocycles. The number of halogens is 1. The second-order valence-electron chi connectivity index (χ2n) is 7.27. The van der Waals surface area contributed by atoms with Crippen molar-refractivity contribution in [2.75, 3.05) is 39.4 Å². The molecule has 32 heavy (non-hydrogen) atoms. The lowest BCUT2D eigenvalue weighted by Gasteiger charge is -2.34. The summed E-state index contributed by atoms with van der Waals surface area (Å²) in [5, 5.41) is 8.99. The van der Waals surface area contributed by atoms with Gasteiger partial charge < -0.3 is 19.8 Å². The number of hydrogen-bond donors (Lipinski definition) is 2. The van der Waals surface area contributed by atoms with E-state index in [2.05, 4.69) is 45.0 Å². The first kappa shape index (κ1) is 24.7. The van der Waals surface area contributed by atoms with Gasteiger partial charge in [0.15, 0.2) is 5.96 Å². The van der Waals surface area contributed by atoms with Crippen molar-refractivity contribution in [3.63, 3.8) is 0 Å². The van der Waals surface area contributed by atoms with Crippen LogP contribution in [0.4, 0.5) is 0 Å². The number of oxazole rings is 1. The lowest BCUT2D eigenvalue weighted by atomic mass is 10.2. The molecule has 9 heteroatoms. The van der Waals surface area contributed by atoms with Crippen LogP contribution < -0.4 is 10.6 Å². The molecule has 0 radical (unpaired) electrons. The van der Waals surface area contributed by atoms with E-state index >= 15 is 0 Å². The highest BCUT2D eigenvalue weighted by Crippen LogP contribution is 2.25. The maximum absolute atomic E-state index is 5.63. The molecule has 7 nitrogen and oxygen atoms in total. The quantitative estimate of drug-likeness (QED) is 0.242. The second-order valence-corrected chi connectivity index (χ2v) is 8.24. The standard InChI is InChI=1S/C23H29N5O2S.HI/c1-2-24-23(25-15-19-17-30-22(27-19)18-7-4-3-5-8-18)26-16-20(21-9-6-14-31-21)28-10-12-29-13-11-28;/h3-9,14,17,20H,2,10-13,15-16H2,1H3,(H2,24,25,26);1H. The van der Waals surface area contributed by atoms with Gasteiger partial charge in [-0.05, 0) is 30.5 Å². The summed E-state index contributed by atoms with van der Waals surface area (Å²) in [5.74, 6) is 1.40. The van der Waals surface area contributed by atoms with Crippen LogP contribution in [0.5, 0.6) is 0 Å². The molecule has 3 heterocycles. The van der Waals surface area contributed by atoms with Crippen LogP contribution in [-0.2, 0) is 11.3 Å². The number of ether oxygens (including phenoxy) is 1. The topological polar surface area (TPSA) is 74.9 Å². The molecule has 4 rings (SSSR count). The summed E-state index contributed by atoms with van der Waals surface area (Å²) in [4.78, 5) is 13.1. The molecule has 2 aromatic heterocycles. The number of guanidine groups is 1. The molecule has 1 fully saturated rings. The van der Waals surface area contributed by atoms with Gasteiger partial charge >= 0.3 is 0 Å². The molecule has 0 bridgehead atoms. The highest BCUT2D eigenvalue weighted by atomic mass is 127. The fourth-order valence-electron chi connectivity index (χ4n) is 3.57. The maximum Gasteiger partial charge on any atom is 0.226 e. The van der Waals surface area contributed by atoms with Gasteiger partial charge in [0.25, 0.3) is 0 Å². The van der Waals surface area contributed by atoms with Gasteiger partial charge in [-0.1, -0.05) is 24.3 Å². The molecule has 1 aromatic carbocycles. The Morgan fingerprint density at radius 2 is 1.97 bits per heavy atom. The van der Waals surface area contributed by atoms with Crippen molar-refractivity contribution in [2.24, 2.45) is 4.99 Å². The van der Waals surface area contributed by atoms with Gasteiger partial charge in [-0.3, -0.25) is 4.90 Å². The molecule has 0 amide bonds. The normalized spacial score (nSPS) is 15.7. The average Bonchev–Trinajstić information content (AvgIpc) is 3.52. The molecule has 1 saturated heterocycles. The summed E-state index contributed by atoms with van der Waals surface area (Å²) in [5.41, 5.74) is 1.77. The van der Waals surface area contributed by atoms with Gasteiger partial charge in [-0.15, -0.1) is 35.3 Å². The number of nitrogens with zero attached hydrogens (tertiary/aromatic N) is 3. The maximum atomic E-state index is 5.63. The molecule has 0 spiro atoms. The van der Waals surface area contributed by atoms with E-state index in [1.807, 2.05) is 30.3 Å². The number of nitrogens with one attached hydrogen (secondary N) is 2. The summed E-state index contributed by atoms with van der Waals surface area (Å²) < 4.78 is 11.2. The van der Waals surface area contributed by atoms with Gasteiger partial charge in [0.1, 0.15) is 12.0 Å². The van der Waals surface area contributed by atoms with Gasteiger partial charge in [0.2, 0.25) is 5.89 Å². The summed E-state index contributed by atoms with van der Waals surface area (Å²) in [6.45, 7) is 7.55. The number of thiophene rings is 1. The predicted molar refractivity (Wildman–Crippen MR) is 140 cm³/mol. The molecule has 0 saturated carbocycles. The fraction of sp³-hybridized carbons (Fsp3) is 0.391. The van der Waals surface area contributed by atoms with Crippen LogP contribution in [0.25, 0.3) is 11.5 Å². The van der Waals surface area contributed by atoms with Crippen LogP contribution in [0.2, 0.25) is 0 Å². The first-order chi connectivity index (χ1) is 15.3. The molecule has 3 aromatic rings. The number of rotatable bonds is 8. The van der Waals surface area contributed by atoms with Crippen LogP contribution in [0.3, 0.4) is 0 Å². The summed E-state index contributed by atoms with van der Waals surface area (Å²) in [6, 6.07) is 14.5. The molecule has 172 valence electrons. The summed E-state index contributed by atoms with van der Waals surface area (Å²) in [7, 11) is 0. The lowest BCUT2D eigenvalue weighted by Crippen LogP contribution is -2.46. The van der Waals surface area contributed by atoms with Crippen molar-refractivity contribution in [2.45, 2.75) is 19.5 Å².